The Hall–Kier alpha value is -3.41. The van der Waals surface area contributed by atoms with Gasteiger partial charge < -0.3 is 14.6 Å². The molecule has 2 aromatic rings. The van der Waals surface area contributed by atoms with E-state index in [0.717, 1.165) is 24.1 Å². The second kappa shape index (κ2) is 9.87. The van der Waals surface area contributed by atoms with E-state index in [1.807, 2.05) is 25.1 Å². The molecule has 1 amide bonds. The van der Waals surface area contributed by atoms with Crippen molar-refractivity contribution >= 4 is 11.6 Å². The maximum atomic E-state index is 14.7. The second-order valence-electron chi connectivity index (χ2n) is 7.17. The molecule has 1 heterocycles. The van der Waals surface area contributed by atoms with Gasteiger partial charge in [-0.3, -0.25) is 4.79 Å². The fraction of sp³-hybridized carbons (Fsp3) is 0.250. The van der Waals surface area contributed by atoms with Crippen molar-refractivity contribution in [3.63, 3.8) is 0 Å². The number of amides is 1. The summed E-state index contributed by atoms with van der Waals surface area (Å²) in [5, 5.41) is 3.02. The number of benzene rings is 1. The van der Waals surface area contributed by atoms with Crippen LogP contribution in [0.2, 0.25) is 0 Å². The van der Waals surface area contributed by atoms with Gasteiger partial charge in [0.25, 0.3) is 0 Å². The maximum absolute atomic E-state index is 14.7. The molecule has 5 nitrogen and oxygen atoms in total. The molecule has 1 atom stereocenters. The van der Waals surface area contributed by atoms with Crippen LogP contribution in [0.4, 0.5) is 4.39 Å². The quantitative estimate of drug-likeness (QED) is 0.408. The van der Waals surface area contributed by atoms with E-state index < -0.39 is 5.83 Å². The summed E-state index contributed by atoms with van der Waals surface area (Å²) in [5.74, 6) is -0.655. The van der Waals surface area contributed by atoms with Crippen LogP contribution in [0.1, 0.15) is 36.2 Å². The van der Waals surface area contributed by atoms with E-state index in [4.69, 9.17) is 4.74 Å². The zero-order valence-electron chi connectivity index (χ0n) is 17.4. The number of aryl methyl sites for hydroxylation is 2. The van der Waals surface area contributed by atoms with E-state index in [1.165, 1.54) is 31.1 Å². The molecule has 3 rings (SSSR count). The number of imidazole rings is 1. The molecule has 1 aromatic heterocycles. The van der Waals surface area contributed by atoms with Crippen molar-refractivity contribution in [3.8, 4) is 0 Å². The molecule has 0 aliphatic heterocycles. The van der Waals surface area contributed by atoms with Gasteiger partial charge in [-0.25, -0.2) is 9.37 Å². The maximum Gasteiger partial charge on any atom is 0.244 e. The molecule has 6 heteroatoms. The minimum atomic E-state index is -0.432. The van der Waals surface area contributed by atoms with Crippen molar-refractivity contribution < 1.29 is 13.9 Å². The highest BCUT2D eigenvalue weighted by molar-refractivity contribution is 5.88. The molecule has 0 radical (unpaired) electrons. The third-order valence-electron chi connectivity index (χ3n) is 5.01. The van der Waals surface area contributed by atoms with Crippen molar-refractivity contribution in [2.45, 2.75) is 32.7 Å². The largest absolute Gasteiger partial charge is 0.504 e. The van der Waals surface area contributed by atoms with Crippen LogP contribution >= 0.6 is 0 Å². The Morgan fingerprint density at radius 1 is 1.30 bits per heavy atom. The van der Waals surface area contributed by atoms with E-state index in [-0.39, 0.29) is 11.9 Å². The minimum absolute atomic E-state index is 0.00338. The van der Waals surface area contributed by atoms with Gasteiger partial charge in [-0.05, 0) is 61.6 Å². The molecule has 0 fully saturated rings. The Kier molecular flexibility index (Phi) is 7.01. The van der Waals surface area contributed by atoms with Crippen LogP contribution in [0.3, 0.4) is 0 Å². The number of hydrogen-bond donors (Lipinski definition) is 1. The molecule has 1 aromatic carbocycles. The third-order valence-corrected chi connectivity index (χ3v) is 5.01. The van der Waals surface area contributed by atoms with Crippen molar-refractivity contribution in [1.82, 2.24) is 14.9 Å². The van der Waals surface area contributed by atoms with Crippen LogP contribution in [-0.2, 0) is 16.0 Å². The van der Waals surface area contributed by atoms with Gasteiger partial charge in [0.1, 0.15) is 5.83 Å². The molecule has 1 aliphatic rings. The summed E-state index contributed by atoms with van der Waals surface area (Å²) in [6.45, 7) is 3.51. The van der Waals surface area contributed by atoms with E-state index >= 15 is 0 Å². The van der Waals surface area contributed by atoms with Crippen LogP contribution in [0.25, 0.3) is 5.70 Å². The SMILES string of the molecule is CO/C=C/C(=C\C(F)=C(/C)n1cnc(C)c1)/C=C/C(=O)NC1CCc2ccccc21. The van der Waals surface area contributed by atoms with Gasteiger partial charge in [-0.1, -0.05) is 24.3 Å². The summed E-state index contributed by atoms with van der Waals surface area (Å²) in [6.07, 6.45) is 12.5. The topological polar surface area (TPSA) is 56.2 Å². The minimum Gasteiger partial charge on any atom is -0.504 e. The normalized spacial score (nSPS) is 17.3. The standard InChI is InChI=1S/C24H26FN3O2/c1-17-15-28(16-26-17)18(2)22(25)14-19(12-13-30-3)8-11-24(29)27-23-10-9-20-6-4-5-7-21(20)23/h4-8,11-16,23H,9-10H2,1-3H3,(H,27,29)/b11-8+,13-12+,19-14-,22-18-. The zero-order valence-corrected chi connectivity index (χ0v) is 17.4. The third kappa shape index (κ3) is 5.35. The van der Waals surface area contributed by atoms with E-state index in [9.17, 15) is 9.18 Å². The summed E-state index contributed by atoms with van der Waals surface area (Å²) >= 11 is 0. The second-order valence-corrected chi connectivity index (χ2v) is 7.17. The van der Waals surface area contributed by atoms with E-state index in [0.29, 0.717) is 11.3 Å². The first-order chi connectivity index (χ1) is 14.5. The highest BCUT2D eigenvalue weighted by atomic mass is 19.1. The lowest BCUT2D eigenvalue weighted by Gasteiger charge is -2.12. The predicted octanol–water partition coefficient (Wildman–Crippen LogP) is 4.80. The molecule has 0 bridgehead atoms. The number of rotatable bonds is 7. The summed E-state index contributed by atoms with van der Waals surface area (Å²) < 4.78 is 21.3. The summed E-state index contributed by atoms with van der Waals surface area (Å²) in [5.41, 5.74) is 4.13. The molecule has 1 N–H and O–H groups in total. The van der Waals surface area contributed by atoms with Crippen LogP contribution in [0, 0.1) is 6.92 Å². The lowest BCUT2D eigenvalue weighted by molar-refractivity contribution is -0.117. The van der Waals surface area contributed by atoms with Gasteiger partial charge in [0.15, 0.2) is 0 Å². The Balaban J connectivity index is 1.74. The number of carbonyl (C=O) groups excluding carboxylic acids is 1. The van der Waals surface area contributed by atoms with Gasteiger partial charge in [-0.15, -0.1) is 0 Å². The average Bonchev–Trinajstić information content (AvgIpc) is 3.36. The lowest BCUT2D eigenvalue weighted by atomic mass is 10.1. The van der Waals surface area contributed by atoms with Crippen molar-refractivity contribution in [2.75, 3.05) is 7.11 Å². The average molecular weight is 407 g/mol. The number of nitrogens with zero attached hydrogens (tertiary/aromatic N) is 2. The number of halogens is 1. The molecule has 156 valence electrons. The molecule has 0 spiro atoms. The Morgan fingerprint density at radius 3 is 2.83 bits per heavy atom. The van der Waals surface area contributed by atoms with Crippen LogP contribution < -0.4 is 5.32 Å². The number of allylic oxidation sites excluding steroid dienone is 6. The highest BCUT2D eigenvalue weighted by Gasteiger charge is 2.22. The Morgan fingerprint density at radius 2 is 2.10 bits per heavy atom. The van der Waals surface area contributed by atoms with Crippen LogP contribution in [0.5, 0.6) is 0 Å². The zero-order chi connectivity index (χ0) is 21.5. The molecular weight excluding hydrogens is 381 g/mol. The highest BCUT2D eigenvalue weighted by Crippen LogP contribution is 2.30. The summed E-state index contributed by atoms with van der Waals surface area (Å²) in [7, 11) is 1.51. The number of methoxy groups -OCH3 is 1. The molecule has 1 aliphatic carbocycles. The van der Waals surface area contributed by atoms with Gasteiger partial charge >= 0.3 is 0 Å². The van der Waals surface area contributed by atoms with Crippen LogP contribution in [-0.4, -0.2) is 22.6 Å². The van der Waals surface area contributed by atoms with Crippen molar-refractivity contribution in [1.29, 1.82) is 0 Å². The van der Waals surface area contributed by atoms with Gasteiger partial charge in [0.05, 0.1) is 37.1 Å². The van der Waals surface area contributed by atoms with Crippen LogP contribution in [0.15, 0.2) is 78.8 Å². The monoisotopic (exact) mass is 407 g/mol. The van der Waals surface area contributed by atoms with Gasteiger partial charge in [-0.2, -0.15) is 0 Å². The van der Waals surface area contributed by atoms with Gasteiger partial charge in [0, 0.05) is 12.3 Å². The fourth-order valence-electron chi connectivity index (χ4n) is 3.38. The number of ether oxygens (including phenoxy) is 1. The molecule has 30 heavy (non-hydrogen) atoms. The smallest absolute Gasteiger partial charge is 0.244 e. The number of nitrogens with one attached hydrogen (secondary N) is 1. The van der Waals surface area contributed by atoms with Crippen molar-refractivity contribution in [2.24, 2.45) is 0 Å². The van der Waals surface area contributed by atoms with Crippen molar-refractivity contribution in [3.05, 3.63) is 95.6 Å². The van der Waals surface area contributed by atoms with Gasteiger partial charge in [0.2, 0.25) is 5.91 Å². The first-order valence-electron chi connectivity index (χ1n) is 9.82. The van der Waals surface area contributed by atoms with E-state index in [2.05, 4.69) is 16.4 Å². The predicted molar refractivity (Wildman–Crippen MR) is 116 cm³/mol. The summed E-state index contributed by atoms with van der Waals surface area (Å²) in [4.78, 5) is 16.5. The number of carbonyl (C=O) groups is 1. The first kappa shape index (κ1) is 21.3. The van der Waals surface area contributed by atoms with E-state index in [1.54, 1.807) is 36.2 Å². The molecular formula is C24H26FN3O2. The first-order valence-corrected chi connectivity index (χ1v) is 9.82. The molecule has 1 unspecified atom stereocenters. The summed E-state index contributed by atoms with van der Waals surface area (Å²) in [6, 6.07) is 8.13. The molecule has 0 saturated heterocycles. The fourth-order valence-corrected chi connectivity index (χ4v) is 3.38. The Bertz CT molecular complexity index is 1030. The lowest BCUT2D eigenvalue weighted by Crippen LogP contribution is -2.25. The number of hydrogen-bond acceptors (Lipinski definition) is 3. The molecule has 0 saturated carbocycles. The Labute approximate surface area is 176 Å². The number of aromatic nitrogens is 2. The number of fused-ring (bicyclic) bond motifs is 1.